The van der Waals surface area contributed by atoms with Crippen LogP contribution in [0, 0.1) is 19.0 Å². The van der Waals surface area contributed by atoms with E-state index in [0.29, 0.717) is 11.3 Å². The molecule has 10 rings (SSSR count). The van der Waals surface area contributed by atoms with Crippen LogP contribution < -0.4 is 5.19 Å². The van der Waals surface area contributed by atoms with Gasteiger partial charge in [-0.1, -0.05) is 186 Å². The number of nitrogens with zero attached hydrogens (tertiary/aromatic N) is 2. The molecule has 3 heterocycles. The maximum absolute atomic E-state index is 9.29. The fourth-order valence-electron chi connectivity index (χ4n) is 8.55. The number of benzene rings is 7. The van der Waals surface area contributed by atoms with Crippen LogP contribution in [-0.4, -0.2) is 18.0 Å². The third-order valence-corrected chi connectivity index (χ3v) is 15.4. The topological polar surface area (TPSA) is 25.8 Å². The van der Waals surface area contributed by atoms with Gasteiger partial charge in [-0.15, -0.1) is 59.2 Å². The van der Waals surface area contributed by atoms with E-state index >= 15 is 0 Å². The number of hydrogen-bond donors (Lipinski definition) is 0. The minimum absolute atomic E-state index is 0. The van der Waals surface area contributed by atoms with E-state index in [9.17, 15) is 1.37 Å². The van der Waals surface area contributed by atoms with Gasteiger partial charge in [0, 0.05) is 54.1 Å². The van der Waals surface area contributed by atoms with Crippen molar-refractivity contribution in [3.63, 3.8) is 0 Å². The molecule has 0 spiro atoms. The minimum atomic E-state index is -2.29. The zero-order chi connectivity index (χ0) is 49.4. The zero-order valence-electron chi connectivity index (χ0n) is 43.0. The van der Waals surface area contributed by atoms with Crippen LogP contribution in [0.4, 0.5) is 0 Å². The largest absolute Gasteiger partial charge is 0.305 e. The van der Waals surface area contributed by atoms with Crippen molar-refractivity contribution in [2.45, 2.75) is 65.5 Å². The molecule has 0 fully saturated rings. The van der Waals surface area contributed by atoms with Gasteiger partial charge in [-0.3, -0.25) is 0 Å². The molecule has 10 aromatic rings. The Morgan fingerprint density at radius 1 is 0.642 bits per heavy atom. The third kappa shape index (κ3) is 10.3. The SMILES string of the molecule is [2H]C(C)(c1ccccc1)c1cc(-c2[c-]cc(C(C)(C)C)cc2)ncc1[Si](C)(C)C.[2H]C([2H])([2H])c1cc(-c2[c-]ccc3c2sc2cc(-c4ccccc4)cc(-c4ccccc4)c23)ncc1-c1ccccc1.[Ir]. The second kappa shape index (κ2) is 20.0. The van der Waals surface area contributed by atoms with Gasteiger partial charge in [-0.25, -0.2) is 0 Å². The van der Waals surface area contributed by atoms with Crippen LogP contribution in [0.5, 0.6) is 0 Å². The van der Waals surface area contributed by atoms with Gasteiger partial charge in [-0.05, 0) is 95.6 Å². The molecule has 67 heavy (non-hydrogen) atoms. The molecular weight excluding hydrogens is 1030 g/mol. The summed E-state index contributed by atoms with van der Waals surface area (Å²) in [4.78, 5) is 9.59. The number of aryl methyl sites for hydroxylation is 1. The first-order valence-electron chi connectivity index (χ1n) is 24.6. The van der Waals surface area contributed by atoms with Crippen LogP contribution in [0.2, 0.25) is 19.6 Å². The van der Waals surface area contributed by atoms with Crippen LogP contribution in [0.1, 0.15) is 61.3 Å². The molecule has 0 bridgehead atoms. The Hall–Kier alpha value is -6.07. The smallest absolute Gasteiger partial charge is 0.0799 e. The van der Waals surface area contributed by atoms with Crippen molar-refractivity contribution in [2.75, 3.05) is 0 Å². The second-order valence-electron chi connectivity index (χ2n) is 18.9. The molecule has 1 radical (unpaired) electrons. The summed E-state index contributed by atoms with van der Waals surface area (Å²) < 4.78 is 36.4. The first-order valence-corrected chi connectivity index (χ1v) is 26.9. The van der Waals surface area contributed by atoms with Crippen LogP contribution >= 0.6 is 11.3 Å². The Bertz CT molecular complexity index is 3440. The average molecular weight is 1090 g/mol. The van der Waals surface area contributed by atoms with Gasteiger partial charge in [0.05, 0.1) is 8.07 Å². The molecule has 3 aromatic heterocycles. The zero-order valence-corrected chi connectivity index (χ0v) is 43.2. The van der Waals surface area contributed by atoms with Crippen molar-refractivity contribution in [1.29, 1.82) is 0 Å². The van der Waals surface area contributed by atoms with Gasteiger partial charge in [0.2, 0.25) is 0 Å². The summed E-state index contributed by atoms with van der Waals surface area (Å²) in [5.74, 6) is -0.833. The molecule has 0 N–H and O–H groups in total. The monoisotopic (exact) mass is 1090 g/mol. The number of hydrogen-bond acceptors (Lipinski definition) is 3. The molecule has 2 nitrogen and oxygen atoms in total. The molecule has 0 aliphatic carbocycles. The van der Waals surface area contributed by atoms with Crippen molar-refractivity contribution in [3.05, 3.63) is 223 Å². The second-order valence-corrected chi connectivity index (χ2v) is 25.0. The summed E-state index contributed by atoms with van der Waals surface area (Å²) in [5, 5.41) is 3.54. The maximum atomic E-state index is 9.29. The van der Waals surface area contributed by atoms with Crippen LogP contribution in [0.3, 0.4) is 0 Å². The fourth-order valence-corrected chi connectivity index (χ4v) is 11.3. The number of aromatic nitrogens is 2. The number of rotatable bonds is 8. The Morgan fingerprint density at radius 2 is 1.25 bits per heavy atom. The van der Waals surface area contributed by atoms with Crippen LogP contribution in [-0.2, 0) is 25.5 Å². The fraction of sp³-hybridized carbons (Fsp3) is 0.161. The third-order valence-electron chi connectivity index (χ3n) is 12.2. The molecule has 0 saturated carbocycles. The van der Waals surface area contributed by atoms with E-state index in [1.54, 1.807) is 23.6 Å². The Labute approximate surface area is 421 Å². The van der Waals surface area contributed by atoms with Gasteiger partial charge in [-0.2, -0.15) is 11.3 Å². The van der Waals surface area contributed by atoms with E-state index in [2.05, 4.69) is 144 Å². The van der Waals surface area contributed by atoms with Crippen LogP contribution in [0.25, 0.3) is 76.1 Å². The van der Waals surface area contributed by atoms with Gasteiger partial charge in [0.1, 0.15) is 0 Å². The Kier molecular flexibility index (Phi) is 12.6. The average Bonchev–Trinajstić information content (AvgIpc) is 3.75. The number of pyridine rings is 2. The summed E-state index contributed by atoms with van der Waals surface area (Å²) in [6.07, 6.45) is 3.70. The van der Waals surface area contributed by atoms with Crippen molar-refractivity contribution >= 4 is 44.8 Å². The Morgan fingerprint density at radius 3 is 1.85 bits per heavy atom. The molecular formula is C62H56IrN2SSi-2. The Balaban J connectivity index is 0.000000200. The quantitative estimate of drug-likeness (QED) is 0.112. The standard InChI is InChI=1S/C36H24NS.C26H32NSi.Ir/c1-24-20-33(37-23-32(24)27-16-9-4-10-17-27)29-18-11-19-30-35-31(26-14-7-3-8-15-26)21-28(22-34(35)38-36(29)30)25-12-5-2-6-13-25;1-19(20-11-9-8-10-12-20)23-17-24(27-18-25(23)28(5,6)7)21-13-15-22(16-14-21)26(2,3)4;/h2-17,19-23H,1H3;8-13,15-19H,1-7H3;/q2*-1;/i1D3;19D;. The van der Waals surface area contributed by atoms with Crippen molar-refractivity contribution in [1.82, 2.24) is 9.97 Å². The summed E-state index contributed by atoms with van der Waals surface area (Å²) in [6.45, 7) is 13.3. The summed E-state index contributed by atoms with van der Waals surface area (Å²) in [5.41, 5.74) is 13.1. The molecule has 1 atom stereocenters. The molecule has 7 aromatic carbocycles. The van der Waals surface area contributed by atoms with Crippen molar-refractivity contribution < 1.29 is 25.6 Å². The molecule has 0 amide bonds. The molecule has 0 aliphatic heterocycles. The number of fused-ring (bicyclic) bond motifs is 3. The molecule has 0 aliphatic rings. The van der Waals surface area contributed by atoms with Gasteiger partial charge in [0.25, 0.3) is 0 Å². The van der Waals surface area contributed by atoms with Gasteiger partial charge < -0.3 is 9.97 Å². The van der Waals surface area contributed by atoms with Crippen molar-refractivity contribution in [2.24, 2.45) is 0 Å². The van der Waals surface area contributed by atoms with E-state index in [4.69, 9.17) is 14.1 Å². The molecule has 335 valence electrons. The van der Waals surface area contributed by atoms with E-state index in [-0.39, 0.29) is 31.1 Å². The van der Waals surface area contributed by atoms with E-state index in [1.807, 2.05) is 92.0 Å². The predicted octanol–water partition coefficient (Wildman–Crippen LogP) is 16.8. The number of thiophene rings is 1. The summed E-state index contributed by atoms with van der Waals surface area (Å²) in [7, 11) is -1.67. The first-order chi connectivity index (χ1) is 33.4. The normalized spacial score (nSPS) is 13.5. The molecule has 1 unspecified atom stereocenters. The van der Waals surface area contributed by atoms with Gasteiger partial charge >= 0.3 is 0 Å². The predicted molar refractivity (Wildman–Crippen MR) is 287 cm³/mol. The summed E-state index contributed by atoms with van der Waals surface area (Å²) in [6, 6.07) is 66.1. The van der Waals surface area contributed by atoms with E-state index < -0.39 is 20.8 Å². The van der Waals surface area contributed by atoms with Crippen molar-refractivity contribution in [3.8, 4) is 55.9 Å². The van der Waals surface area contributed by atoms with E-state index in [1.165, 1.54) is 21.7 Å². The first kappa shape index (κ1) is 42.3. The minimum Gasteiger partial charge on any atom is -0.305 e. The molecule has 0 saturated heterocycles. The van der Waals surface area contributed by atoms with Crippen LogP contribution in [0.15, 0.2) is 188 Å². The van der Waals surface area contributed by atoms with E-state index in [0.717, 1.165) is 65.0 Å². The van der Waals surface area contributed by atoms with Gasteiger partial charge in [0.15, 0.2) is 0 Å². The summed E-state index contributed by atoms with van der Waals surface area (Å²) >= 11 is 1.70. The molecule has 5 heteroatoms. The maximum Gasteiger partial charge on any atom is 0.0799 e.